The van der Waals surface area contributed by atoms with Crippen LogP contribution in [0.2, 0.25) is 0 Å². The van der Waals surface area contributed by atoms with Gasteiger partial charge in [0.1, 0.15) is 0 Å². The van der Waals surface area contributed by atoms with Crippen LogP contribution < -0.4 is 10.1 Å². The van der Waals surface area contributed by atoms with Crippen LogP contribution in [0.3, 0.4) is 0 Å². The van der Waals surface area contributed by atoms with Gasteiger partial charge in [-0.3, -0.25) is 14.9 Å². The van der Waals surface area contributed by atoms with Gasteiger partial charge in [0.15, 0.2) is 11.9 Å². The minimum atomic E-state index is -2.52. The fraction of sp³-hybridized carbons (Fsp3) is 0.235. The third-order valence-corrected chi connectivity index (χ3v) is 4.05. The van der Waals surface area contributed by atoms with Crippen molar-refractivity contribution < 1.29 is 23.2 Å². The first kappa shape index (κ1) is 19.6. The zero-order chi connectivity index (χ0) is 19.3. The highest BCUT2D eigenvalue weighted by Crippen LogP contribution is 2.29. The molecular weight excluding hydrogens is 366 g/mol. The van der Waals surface area contributed by atoms with E-state index in [0.717, 1.165) is 0 Å². The van der Waals surface area contributed by atoms with Crippen LogP contribution in [-0.4, -0.2) is 22.7 Å². The van der Waals surface area contributed by atoms with Gasteiger partial charge in [-0.1, -0.05) is 17.8 Å². The van der Waals surface area contributed by atoms with E-state index in [1.165, 1.54) is 43.3 Å². The molecule has 0 aliphatic carbocycles. The van der Waals surface area contributed by atoms with Crippen molar-refractivity contribution in [2.75, 3.05) is 5.32 Å². The predicted octanol–water partition coefficient (Wildman–Crippen LogP) is 4.62. The predicted molar refractivity (Wildman–Crippen MR) is 94.9 cm³/mol. The second-order valence-corrected chi connectivity index (χ2v) is 6.44. The van der Waals surface area contributed by atoms with E-state index in [1.54, 1.807) is 13.0 Å². The normalized spacial score (nSPS) is 11.9. The molecule has 0 aliphatic rings. The van der Waals surface area contributed by atoms with Gasteiger partial charge in [0, 0.05) is 16.6 Å². The Morgan fingerprint density at radius 2 is 1.88 bits per heavy atom. The molecule has 2 aromatic carbocycles. The Hall–Kier alpha value is -2.68. The highest BCUT2D eigenvalue weighted by Gasteiger charge is 2.21. The molecule has 138 valence electrons. The summed E-state index contributed by atoms with van der Waals surface area (Å²) in [6, 6.07) is 10.3. The van der Waals surface area contributed by atoms with Crippen LogP contribution in [0.25, 0.3) is 0 Å². The molecule has 0 bridgehead atoms. The lowest BCUT2D eigenvalue weighted by Gasteiger charge is -2.15. The highest BCUT2D eigenvalue weighted by atomic mass is 32.2. The molecule has 0 heterocycles. The quantitative estimate of drug-likeness (QED) is 0.429. The van der Waals surface area contributed by atoms with E-state index < -0.39 is 22.7 Å². The molecule has 6 nitrogen and oxygen atoms in total. The Balaban J connectivity index is 2.03. The van der Waals surface area contributed by atoms with Crippen LogP contribution in [0.15, 0.2) is 47.4 Å². The SMILES string of the molecule is Cc1ccc(O[C@H](C)C(=O)Nc2ccc(SC(F)F)cc2)c([N+](=O)[O-])c1. The van der Waals surface area contributed by atoms with Crippen molar-refractivity contribution in [1.82, 2.24) is 0 Å². The number of hydrogen-bond donors (Lipinski definition) is 1. The minimum absolute atomic E-state index is 0.00747. The smallest absolute Gasteiger partial charge is 0.311 e. The number of nitro groups is 1. The van der Waals surface area contributed by atoms with E-state index in [4.69, 9.17) is 4.74 Å². The maximum Gasteiger partial charge on any atom is 0.311 e. The number of alkyl halides is 2. The first-order chi connectivity index (χ1) is 12.3. The second kappa shape index (κ2) is 8.61. The van der Waals surface area contributed by atoms with E-state index >= 15 is 0 Å². The lowest BCUT2D eigenvalue weighted by atomic mass is 10.2. The summed E-state index contributed by atoms with van der Waals surface area (Å²) < 4.78 is 30.0. The molecule has 1 amide bonds. The third kappa shape index (κ3) is 5.41. The van der Waals surface area contributed by atoms with Crippen LogP contribution in [0.5, 0.6) is 5.75 Å². The number of nitro benzene ring substituents is 1. The van der Waals surface area contributed by atoms with Gasteiger partial charge in [-0.15, -0.1) is 0 Å². The molecule has 2 aromatic rings. The summed E-state index contributed by atoms with van der Waals surface area (Å²) in [5, 5.41) is 13.7. The number of anilines is 1. The molecule has 2 rings (SSSR count). The van der Waals surface area contributed by atoms with Crippen molar-refractivity contribution in [2.45, 2.75) is 30.6 Å². The average molecular weight is 382 g/mol. The summed E-state index contributed by atoms with van der Waals surface area (Å²) in [7, 11) is 0. The van der Waals surface area contributed by atoms with Gasteiger partial charge >= 0.3 is 5.69 Å². The fourth-order valence-corrected chi connectivity index (χ4v) is 2.58. The van der Waals surface area contributed by atoms with E-state index in [9.17, 15) is 23.7 Å². The van der Waals surface area contributed by atoms with Crippen molar-refractivity contribution in [3.8, 4) is 5.75 Å². The van der Waals surface area contributed by atoms with Crippen LogP contribution in [-0.2, 0) is 4.79 Å². The summed E-state index contributed by atoms with van der Waals surface area (Å²) >= 11 is 0.405. The Bertz CT molecular complexity index is 800. The molecule has 0 unspecified atom stereocenters. The van der Waals surface area contributed by atoms with Gasteiger partial charge in [0.05, 0.1) is 4.92 Å². The van der Waals surface area contributed by atoms with Gasteiger partial charge in [-0.25, -0.2) is 0 Å². The molecule has 0 aromatic heterocycles. The number of rotatable bonds is 7. The molecular formula is C17H16F2N2O4S. The van der Waals surface area contributed by atoms with Gasteiger partial charge in [-0.05, 0) is 49.7 Å². The number of carbonyl (C=O) groups excluding carboxylic acids is 1. The fourth-order valence-electron chi connectivity index (χ4n) is 2.08. The Morgan fingerprint density at radius 3 is 2.46 bits per heavy atom. The summed E-state index contributed by atoms with van der Waals surface area (Å²) in [6.45, 7) is 3.17. The number of aryl methyl sites for hydroxylation is 1. The summed E-state index contributed by atoms with van der Waals surface area (Å²) in [4.78, 5) is 23.1. The van der Waals surface area contributed by atoms with E-state index in [0.29, 0.717) is 27.9 Å². The summed E-state index contributed by atoms with van der Waals surface area (Å²) in [5.41, 5.74) is 0.878. The first-order valence-corrected chi connectivity index (χ1v) is 8.41. The Labute approximate surface area is 152 Å². The monoisotopic (exact) mass is 382 g/mol. The van der Waals surface area contributed by atoms with Gasteiger partial charge in [0.2, 0.25) is 0 Å². The van der Waals surface area contributed by atoms with Gasteiger partial charge in [0.25, 0.3) is 11.7 Å². The number of nitrogens with one attached hydrogen (secondary N) is 1. The van der Waals surface area contributed by atoms with Crippen molar-refractivity contribution in [2.24, 2.45) is 0 Å². The number of hydrogen-bond acceptors (Lipinski definition) is 5. The summed E-state index contributed by atoms with van der Waals surface area (Å²) in [5.74, 6) is -3.05. The number of thioether (sulfide) groups is 1. The van der Waals surface area contributed by atoms with E-state index in [-0.39, 0.29) is 11.4 Å². The number of halogens is 2. The zero-order valence-corrected chi connectivity index (χ0v) is 14.8. The van der Waals surface area contributed by atoms with Gasteiger partial charge in [-0.2, -0.15) is 8.78 Å². The number of carbonyl (C=O) groups is 1. The maximum absolute atomic E-state index is 12.3. The largest absolute Gasteiger partial charge is 0.474 e. The van der Waals surface area contributed by atoms with E-state index in [2.05, 4.69) is 5.32 Å². The molecule has 0 fully saturated rings. The minimum Gasteiger partial charge on any atom is -0.474 e. The molecule has 0 saturated carbocycles. The number of benzene rings is 2. The van der Waals surface area contributed by atoms with Crippen molar-refractivity contribution in [3.63, 3.8) is 0 Å². The second-order valence-electron chi connectivity index (χ2n) is 5.38. The number of ether oxygens (including phenoxy) is 1. The van der Waals surface area contributed by atoms with Crippen molar-refractivity contribution in [3.05, 3.63) is 58.1 Å². The van der Waals surface area contributed by atoms with Crippen LogP contribution in [0.4, 0.5) is 20.2 Å². The number of amides is 1. The molecule has 1 atom stereocenters. The Kier molecular flexibility index (Phi) is 6.51. The molecule has 1 N–H and O–H groups in total. The maximum atomic E-state index is 12.3. The average Bonchev–Trinajstić information content (AvgIpc) is 2.57. The first-order valence-electron chi connectivity index (χ1n) is 7.53. The Morgan fingerprint density at radius 1 is 1.23 bits per heavy atom. The lowest BCUT2D eigenvalue weighted by molar-refractivity contribution is -0.386. The molecule has 0 spiro atoms. The van der Waals surface area contributed by atoms with Crippen molar-refractivity contribution >= 4 is 29.0 Å². The van der Waals surface area contributed by atoms with Crippen molar-refractivity contribution in [1.29, 1.82) is 0 Å². The third-order valence-electron chi connectivity index (χ3n) is 3.33. The standard InChI is InChI=1S/C17H16F2N2O4S/c1-10-3-8-15(14(9-10)21(23)24)25-11(2)16(22)20-12-4-6-13(7-5-12)26-17(18)19/h3-9,11,17H,1-2H3,(H,20,22)/t11-/m1/s1. The topological polar surface area (TPSA) is 81.5 Å². The molecule has 0 aliphatic heterocycles. The number of nitrogens with zero attached hydrogens (tertiary/aromatic N) is 1. The zero-order valence-electron chi connectivity index (χ0n) is 13.9. The molecule has 26 heavy (non-hydrogen) atoms. The van der Waals surface area contributed by atoms with E-state index in [1.807, 2.05) is 0 Å². The van der Waals surface area contributed by atoms with Crippen LogP contribution >= 0.6 is 11.8 Å². The van der Waals surface area contributed by atoms with Crippen LogP contribution in [0, 0.1) is 17.0 Å². The molecule has 0 radical (unpaired) electrons. The van der Waals surface area contributed by atoms with Gasteiger partial charge < -0.3 is 10.1 Å². The highest BCUT2D eigenvalue weighted by molar-refractivity contribution is 7.99. The molecule has 9 heteroatoms. The lowest BCUT2D eigenvalue weighted by Crippen LogP contribution is -2.30. The summed E-state index contributed by atoms with van der Waals surface area (Å²) in [6.07, 6.45) is -0.994. The molecule has 0 saturated heterocycles. The van der Waals surface area contributed by atoms with Crippen LogP contribution in [0.1, 0.15) is 12.5 Å².